The van der Waals surface area contributed by atoms with E-state index in [2.05, 4.69) is 0 Å². The molecule has 0 aliphatic heterocycles. The van der Waals surface area contributed by atoms with Crippen molar-refractivity contribution in [2.75, 3.05) is 26.8 Å². The number of rotatable bonds is 7. The van der Waals surface area contributed by atoms with E-state index in [1.807, 2.05) is 0 Å². The number of ether oxygens (including phenoxy) is 1. The summed E-state index contributed by atoms with van der Waals surface area (Å²) in [5.41, 5.74) is 1.07. The molecule has 0 aliphatic carbocycles. The van der Waals surface area contributed by atoms with Crippen molar-refractivity contribution in [2.24, 2.45) is 0 Å². The minimum atomic E-state index is -0.231. The molecule has 1 amide bonds. The lowest BCUT2D eigenvalue weighted by molar-refractivity contribution is -0.132. The molecule has 2 aromatic rings. The average molecular weight is 348 g/mol. The molecule has 0 aliphatic rings. The van der Waals surface area contributed by atoms with Crippen molar-refractivity contribution in [1.29, 1.82) is 0 Å². The molecule has 0 heterocycles. The van der Waals surface area contributed by atoms with Crippen LogP contribution < -0.4 is 4.74 Å². The van der Waals surface area contributed by atoms with E-state index in [1.54, 1.807) is 55.6 Å². The standard InChI is InChI=1S/C18H18ClNO4/c1-20(10-11-21)17(22)12-24-16-8-4-14(5-9-16)18(23)13-2-6-15(19)7-3-13/h2-9,21H,10-12H2,1H3. The molecule has 0 bridgehead atoms. The van der Waals surface area contributed by atoms with Gasteiger partial charge in [-0.05, 0) is 48.5 Å². The van der Waals surface area contributed by atoms with Crippen LogP contribution in [0, 0.1) is 0 Å². The molecule has 0 saturated carbocycles. The first-order valence-corrected chi connectivity index (χ1v) is 7.77. The van der Waals surface area contributed by atoms with Crippen LogP contribution in [-0.2, 0) is 4.79 Å². The first-order valence-electron chi connectivity index (χ1n) is 7.39. The molecule has 5 nitrogen and oxygen atoms in total. The number of halogens is 1. The molecule has 0 saturated heterocycles. The third-order valence-corrected chi connectivity index (χ3v) is 3.70. The Balaban J connectivity index is 1.96. The smallest absolute Gasteiger partial charge is 0.260 e. The summed E-state index contributed by atoms with van der Waals surface area (Å²) in [4.78, 5) is 25.4. The highest BCUT2D eigenvalue weighted by Crippen LogP contribution is 2.17. The molecule has 24 heavy (non-hydrogen) atoms. The highest BCUT2D eigenvalue weighted by Gasteiger charge is 2.11. The summed E-state index contributed by atoms with van der Waals surface area (Å²) in [7, 11) is 1.59. The number of ketones is 1. The predicted octanol–water partition coefficient (Wildman–Crippen LogP) is 2.40. The Hall–Kier alpha value is -2.37. The second kappa shape index (κ2) is 8.47. The SMILES string of the molecule is CN(CCO)C(=O)COc1ccc(C(=O)c2ccc(Cl)cc2)cc1. The van der Waals surface area contributed by atoms with E-state index in [1.165, 1.54) is 4.90 Å². The lowest BCUT2D eigenvalue weighted by Crippen LogP contribution is -2.33. The number of hydrogen-bond donors (Lipinski definition) is 1. The summed E-state index contributed by atoms with van der Waals surface area (Å²) in [6, 6.07) is 13.3. The Kier molecular flexibility index (Phi) is 6.35. The van der Waals surface area contributed by atoms with E-state index in [9.17, 15) is 9.59 Å². The minimum absolute atomic E-state index is 0.0935. The van der Waals surface area contributed by atoms with Crippen molar-refractivity contribution in [3.63, 3.8) is 0 Å². The maximum atomic E-state index is 12.3. The van der Waals surface area contributed by atoms with Gasteiger partial charge >= 0.3 is 0 Å². The molecule has 0 aromatic heterocycles. The topological polar surface area (TPSA) is 66.8 Å². The fourth-order valence-electron chi connectivity index (χ4n) is 2.00. The van der Waals surface area contributed by atoms with Gasteiger partial charge in [-0.3, -0.25) is 9.59 Å². The fraction of sp³-hybridized carbons (Fsp3) is 0.222. The summed E-state index contributed by atoms with van der Waals surface area (Å²) >= 11 is 5.81. The van der Waals surface area contributed by atoms with Crippen LogP contribution in [0.25, 0.3) is 0 Å². The Bertz CT molecular complexity index is 698. The predicted molar refractivity (Wildman–Crippen MR) is 91.5 cm³/mol. The first kappa shape index (κ1) is 18.0. The molecule has 1 N–H and O–H groups in total. The molecule has 0 unspecified atom stereocenters. The molecule has 126 valence electrons. The summed E-state index contributed by atoms with van der Waals surface area (Å²) in [6.07, 6.45) is 0. The van der Waals surface area contributed by atoms with Crippen LogP contribution in [0.15, 0.2) is 48.5 Å². The summed E-state index contributed by atoms with van der Waals surface area (Å²) in [5, 5.41) is 9.36. The Labute approximate surface area is 145 Å². The maximum Gasteiger partial charge on any atom is 0.260 e. The quantitative estimate of drug-likeness (QED) is 0.781. The van der Waals surface area contributed by atoms with Gasteiger partial charge < -0.3 is 14.7 Å². The number of amides is 1. The van der Waals surface area contributed by atoms with Gasteiger partial charge in [-0.2, -0.15) is 0 Å². The first-order chi connectivity index (χ1) is 11.5. The monoisotopic (exact) mass is 347 g/mol. The number of aliphatic hydroxyl groups excluding tert-OH is 1. The second-order valence-corrected chi connectivity index (χ2v) is 5.62. The number of benzene rings is 2. The van der Waals surface area contributed by atoms with Gasteiger partial charge in [0.05, 0.1) is 6.61 Å². The van der Waals surface area contributed by atoms with Crippen LogP contribution in [0.4, 0.5) is 0 Å². The molecule has 2 rings (SSSR count). The highest BCUT2D eigenvalue weighted by atomic mass is 35.5. The lowest BCUT2D eigenvalue weighted by Gasteiger charge is -2.15. The van der Waals surface area contributed by atoms with Crippen LogP contribution in [0.5, 0.6) is 5.75 Å². The summed E-state index contributed by atoms with van der Waals surface area (Å²) < 4.78 is 5.39. The van der Waals surface area contributed by atoms with Crippen LogP contribution >= 0.6 is 11.6 Å². The molecule has 2 aromatic carbocycles. The Morgan fingerprint density at radius 2 is 1.58 bits per heavy atom. The van der Waals surface area contributed by atoms with Gasteiger partial charge in [0.2, 0.25) is 0 Å². The minimum Gasteiger partial charge on any atom is -0.484 e. The van der Waals surface area contributed by atoms with E-state index < -0.39 is 0 Å². The summed E-state index contributed by atoms with van der Waals surface area (Å²) in [6.45, 7) is 0.0431. The van der Waals surface area contributed by atoms with E-state index in [-0.39, 0.29) is 31.4 Å². The largest absolute Gasteiger partial charge is 0.484 e. The lowest BCUT2D eigenvalue weighted by atomic mass is 10.0. The van der Waals surface area contributed by atoms with Crippen molar-refractivity contribution < 1.29 is 19.4 Å². The van der Waals surface area contributed by atoms with Crippen molar-refractivity contribution in [3.8, 4) is 5.75 Å². The molecule has 6 heteroatoms. The third kappa shape index (κ3) is 4.81. The molecule has 0 radical (unpaired) electrons. The average Bonchev–Trinajstić information content (AvgIpc) is 2.60. The van der Waals surface area contributed by atoms with E-state index in [0.29, 0.717) is 21.9 Å². The van der Waals surface area contributed by atoms with Crippen molar-refractivity contribution in [2.45, 2.75) is 0 Å². The number of carbonyl (C=O) groups excluding carboxylic acids is 2. The van der Waals surface area contributed by atoms with Gasteiger partial charge in [0.1, 0.15) is 5.75 Å². The second-order valence-electron chi connectivity index (χ2n) is 5.19. The van der Waals surface area contributed by atoms with Crippen LogP contribution in [-0.4, -0.2) is 48.5 Å². The van der Waals surface area contributed by atoms with Crippen molar-refractivity contribution >= 4 is 23.3 Å². The van der Waals surface area contributed by atoms with E-state index in [4.69, 9.17) is 21.4 Å². The maximum absolute atomic E-state index is 12.3. The van der Waals surface area contributed by atoms with Crippen LogP contribution in [0.2, 0.25) is 5.02 Å². The van der Waals surface area contributed by atoms with Crippen molar-refractivity contribution in [3.05, 3.63) is 64.7 Å². The molecule has 0 spiro atoms. The van der Waals surface area contributed by atoms with Gasteiger partial charge in [0.15, 0.2) is 12.4 Å². The number of aliphatic hydroxyl groups is 1. The number of hydrogen-bond acceptors (Lipinski definition) is 4. The summed E-state index contributed by atoms with van der Waals surface area (Å²) in [5.74, 6) is 0.149. The van der Waals surface area contributed by atoms with Gasteiger partial charge in [-0.25, -0.2) is 0 Å². The van der Waals surface area contributed by atoms with Crippen molar-refractivity contribution in [1.82, 2.24) is 4.90 Å². The van der Waals surface area contributed by atoms with Crippen LogP contribution in [0.1, 0.15) is 15.9 Å². The molecular weight excluding hydrogens is 330 g/mol. The Morgan fingerprint density at radius 3 is 2.12 bits per heavy atom. The van der Waals surface area contributed by atoms with Gasteiger partial charge in [-0.15, -0.1) is 0 Å². The normalized spacial score (nSPS) is 10.3. The third-order valence-electron chi connectivity index (χ3n) is 3.45. The molecule has 0 atom stereocenters. The number of carbonyl (C=O) groups is 2. The zero-order chi connectivity index (χ0) is 17.5. The van der Waals surface area contributed by atoms with E-state index >= 15 is 0 Å². The van der Waals surface area contributed by atoms with Gasteiger partial charge in [0.25, 0.3) is 5.91 Å². The fourth-order valence-corrected chi connectivity index (χ4v) is 2.13. The highest BCUT2D eigenvalue weighted by molar-refractivity contribution is 6.30. The molecular formula is C18H18ClNO4. The number of likely N-dealkylation sites (N-methyl/N-ethyl adjacent to an activating group) is 1. The molecule has 0 fully saturated rings. The zero-order valence-electron chi connectivity index (χ0n) is 13.2. The zero-order valence-corrected chi connectivity index (χ0v) is 14.0. The Morgan fingerprint density at radius 1 is 1.04 bits per heavy atom. The van der Waals surface area contributed by atoms with Gasteiger partial charge in [0, 0.05) is 29.7 Å². The van der Waals surface area contributed by atoms with E-state index in [0.717, 1.165) is 0 Å². The van der Waals surface area contributed by atoms with Gasteiger partial charge in [-0.1, -0.05) is 11.6 Å². The van der Waals surface area contributed by atoms with Crippen LogP contribution in [0.3, 0.4) is 0 Å². The number of nitrogens with zero attached hydrogens (tertiary/aromatic N) is 1.